The van der Waals surface area contributed by atoms with Crippen molar-refractivity contribution in [2.75, 3.05) is 10.3 Å². The summed E-state index contributed by atoms with van der Waals surface area (Å²) in [5.41, 5.74) is 5.08. The van der Waals surface area contributed by atoms with Crippen LogP contribution in [0.4, 0.5) is 5.69 Å². The van der Waals surface area contributed by atoms with Gasteiger partial charge in [-0.2, -0.15) is 0 Å². The van der Waals surface area contributed by atoms with Crippen molar-refractivity contribution >= 4 is 93.0 Å². The van der Waals surface area contributed by atoms with Gasteiger partial charge in [-0.1, -0.05) is 46.4 Å². The largest absolute Gasteiger partial charge is 0.274 e. The van der Waals surface area contributed by atoms with Crippen LogP contribution in [0.15, 0.2) is 46.5 Å². The fourth-order valence-electron chi connectivity index (χ4n) is 5.02. The molecule has 1 N–H and O–H groups in total. The van der Waals surface area contributed by atoms with Crippen LogP contribution in [-0.4, -0.2) is 36.5 Å². The molecule has 2 heterocycles. The third-order valence-corrected chi connectivity index (χ3v) is 11.0. The highest BCUT2D eigenvalue weighted by Gasteiger charge is 2.87. The SMILES string of the molecule is Cc1ccc(C)n1NC(=O)c1ccc(N2C(=O)[C@@H]3[C@@H](C2=O)[C@@]2(Cl)C(Cl)=C(Cl)[C@@]3(Cl)C2(Cl)Cl)cc1. The standard InChI is InChI=1S/C22H15Cl6N3O3/c1-9-3-4-10(2)31(9)29-17(32)11-5-7-12(8-6-11)30-18(33)13-14(19(30)34)21(26)16(24)15(23)20(13,25)22(21,27)28/h3-8,13-14H,1-2H3,(H,29,32)/t13-,14-,20+,21+/m0/s1. The lowest BCUT2D eigenvalue weighted by Crippen LogP contribution is -2.50. The van der Waals surface area contributed by atoms with Crippen LogP contribution in [0.1, 0.15) is 21.7 Å². The molecule has 5 rings (SSSR count). The van der Waals surface area contributed by atoms with Crippen molar-refractivity contribution in [1.29, 1.82) is 0 Å². The number of hydrogen-bond acceptors (Lipinski definition) is 3. The van der Waals surface area contributed by atoms with E-state index in [1.807, 2.05) is 26.0 Å². The molecule has 2 aliphatic carbocycles. The van der Waals surface area contributed by atoms with E-state index in [0.29, 0.717) is 5.56 Å². The smallest absolute Gasteiger partial charge is 0.270 e. The Morgan fingerprint density at radius 2 is 1.26 bits per heavy atom. The topological polar surface area (TPSA) is 71.4 Å². The molecule has 2 fully saturated rings. The number of hydrogen-bond donors (Lipinski definition) is 1. The molecular formula is C22H15Cl6N3O3. The van der Waals surface area contributed by atoms with E-state index in [1.165, 1.54) is 24.3 Å². The van der Waals surface area contributed by atoms with Gasteiger partial charge in [0.15, 0.2) is 4.33 Å². The fourth-order valence-corrected chi connectivity index (χ4v) is 7.95. The van der Waals surface area contributed by atoms with Gasteiger partial charge in [0.2, 0.25) is 11.8 Å². The number of nitrogens with zero attached hydrogens (tertiary/aromatic N) is 2. The zero-order chi connectivity index (χ0) is 25.0. The molecule has 34 heavy (non-hydrogen) atoms. The minimum absolute atomic E-state index is 0.150. The lowest BCUT2D eigenvalue weighted by molar-refractivity contribution is -0.123. The van der Waals surface area contributed by atoms with Gasteiger partial charge in [-0.25, -0.2) is 4.90 Å². The predicted octanol–water partition coefficient (Wildman–Crippen LogP) is 5.44. The number of carbonyl (C=O) groups excluding carboxylic acids is 3. The van der Waals surface area contributed by atoms with Gasteiger partial charge in [-0.05, 0) is 50.2 Å². The van der Waals surface area contributed by atoms with Crippen LogP contribution in [0.3, 0.4) is 0 Å². The number of fused-ring (bicyclic) bond motifs is 5. The zero-order valence-corrected chi connectivity index (χ0v) is 22.0. The number of aryl methyl sites for hydroxylation is 2. The highest BCUT2D eigenvalue weighted by Crippen LogP contribution is 2.77. The van der Waals surface area contributed by atoms with Crippen molar-refractivity contribution in [3.8, 4) is 0 Å². The number of benzene rings is 1. The van der Waals surface area contributed by atoms with Gasteiger partial charge >= 0.3 is 0 Å². The first-order valence-corrected chi connectivity index (χ1v) is 12.3. The summed E-state index contributed by atoms with van der Waals surface area (Å²) < 4.78 is -0.327. The first-order valence-electron chi connectivity index (χ1n) is 10.1. The lowest BCUT2D eigenvalue weighted by Gasteiger charge is -2.34. The van der Waals surface area contributed by atoms with E-state index in [9.17, 15) is 14.4 Å². The third kappa shape index (κ3) is 2.70. The third-order valence-electron chi connectivity index (χ3n) is 6.78. The molecule has 0 radical (unpaired) electrons. The Hall–Kier alpha value is -1.41. The van der Waals surface area contributed by atoms with Gasteiger partial charge < -0.3 is 0 Å². The van der Waals surface area contributed by atoms with E-state index in [1.54, 1.807) is 4.68 Å². The van der Waals surface area contributed by atoms with Crippen LogP contribution in [0.5, 0.6) is 0 Å². The second-order valence-electron chi connectivity index (χ2n) is 8.53. The Morgan fingerprint density at radius 3 is 1.71 bits per heavy atom. The first-order chi connectivity index (χ1) is 15.8. The Balaban J connectivity index is 1.46. The molecule has 2 bridgehead atoms. The molecule has 0 unspecified atom stereocenters. The summed E-state index contributed by atoms with van der Waals surface area (Å²) in [7, 11) is 0. The van der Waals surface area contributed by atoms with Crippen molar-refractivity contribution < 1.29 is 14.4 Å². The van der Waals surface area contributed by atoms with Crippen molar-refractivity contribution in [3.63, 3.8) is 0 Å². The van der Waals surface area contributed by atoms with Crippen molar-refractivity contribution in [3.05, 3.63) is 63.4 Å². The average molecular weight is 582 g/mol. The van der Waals surface area contributed by atoms with E-state index in [-0.39, 0.29) is 21.7 Å². The quantitative estimate of drug-likeness (QED) is 0.388. The van der Waals surface area contributed by atoms with Crippen LogP contribution >= 0.6 is 69.6 Å². The van der Waals surface area contributed by atoms with Crippen molar-refractivity contribution in [2.45, 2.75) is 27.9 Å². The molecular weight excluding hydrogens is 567 g/mol. The summed E-state index contributed by atoms with van der Waals surface area (Å²) >= 11 is 39.1. The molecule has 6 nitrogen and oxygen atoms in total. The van der Waals surface area contributed by atoms with E-state index in [2.05, 4.69) is 5.43 Å². The molecule has 12 heteroatoms. The van der Waals surface area contributed by atoms with E-state index >= 15 is 0 Å². The number of aromatic nitrogens is 1. The van der Waals surface area contributed by atoms with Gasteiger partial charge in [0.05, 0.1) is 27.6 Å². The number of anilines is 1. The predicted molar refractivity (Wildman–Crippen MR) is 134 cm³/mol. The summed E-state index contributed by atoms with van der Waals surface area (Å²) in [4.78, 5) is 36.7. The molecule has 3 amide bonds. The number of alkyl halides is 4. The van der Waals surface area contributed by atoms with Crippen LogP contribution < -0.4 is 10.3 Å². The van der Waals surface area contributed by atoms with Crippen LogP contribution in [0, 0.1) is 25.7 Å². The Kier molecular flexibility index (Phi) is 5.39. The zero-order valence-electron chi connectivity index (χ0n) is 17.5. The Bertz CT molecular complexity index is 1250. The maximum atomic E-state index is 13.4. The molecule has 2 aromatic rings. The van der Waals surface area contributed by atoms with Crippen LogP contribution in [-0.2, 0) is 9.59 Å². The molecule has 1 aromatic carbocycles. The minimum atomic E-state index is -1.99. The summed E-state index contributed by atoms with van der Waals surface area (Å²) in [6.07, 6.45) is 0. The molecule has 1 aliphatic heterocycles. The molecule has 1 aromatic heterocycles. The summed E-state index contributed by atoms with van der Waals surface area (Å²) in [5.74, 6) is -4.11. The number of rotatable bonds is 3. The molecule has 178 valence electrons. The molecule has 4 atom stereocenters. The highest BCUT2D eigenvalue weighted by atomic mass is 35.5. The van der Waals surface area contributed by atoms with Gasteiger partial charge in [-0.15, -0.1) is 23.2 Å². The molecule has 1 saturated heterocycles. The molecule has 3 aliphatic rings. The average Bonchev–Trinajstić information content (AvgIpc) is 3.33. The van der Waals surface area contributed by atoms with Crippen molar-refractivity contribution in [2.24, 2.45) is 11.8 Å². The number of carbonyl (C=O) groups is 3. The Morgan fingerprint density at radius 1 is 0.824 bits per heavy atom. The minimum Gasteiger partial charge on any atom is -0.274 e. The number of nitrogens with one attached hydrogen (secondary N) is 1. The van der Waals surface area contributed by atoms with E-state index in [0.717, 1.165) is 16.3 Å². The number of amides is 3. The second-order valence-corrected chi connectivity index (χ2v) is 11.8. The molecule has 1 saturated carbocycles. The summed E-state index contributed by atoms with van der Waals surface area (Å²) in [6, 6.07) is 9.72. The van der Waals surface area contributed by atoms with Gasteiger partial charge in [0.1, 0.15) is 9.75 Å². The fraction of sp³-hybridized carbons (Fsp3) is 0.318. The first kappa shape index (κ1) is 24.3. The second kappa shape index (κ2) is 7.55. The maximum absolute atomic E-state index is 13.4. The number of allylic oxidation sites excluding steroid dienone is 2. The number of imide groups is 1. The van der Waals surface area contributed by atoms with Gasteiger partial charge in [0.25, 0.3) is 5.91 Å². The summed E-state index contributed by atoms with van der Waals surface area (Å²) in [5, 5.41) is -0.301. The molecule has 0 spiro atoms. The Labute approximate surface area is 224 Å². The van der Waals surface area contributed by atoms with Crippen molar-refractivity contribution in [1.82, 2.24) is 4.68 Å². The normalized spacial score (nSPS) is 31.5. The van der Waals surface area contributed by atoms with E-state index in [4.69, 9.17) is 69.6 Å². The maximum Gasteiger partial charge on any atom is 0.270 e. The van der Waals surface area contributed by atoms with Crippen LogP contribution in [0.2, 0.25) is 0 Å². The highest BCUT2D eigenvalue weighted by molar-refractivity contribution is 6.67. The van der Waals surface area contributed by atoms with Gasteiger partial charge in [0, 0.05) is 17.0 Å². The van der Waals surface area contributed by atoms with Gasteiger partial charge in [-0.3, -0.25) is 24.5 Å². The lowest BCUT2D eigenvalue weighted by atomic mass is 9.84. The monoisotopic (exact) mass is 579 g/mol. The number of halogens is 6. The van der Waals surface area contributed by atoms with Crippen LogP contribution in [0.25, 0.3) is 0 Å². The summed E-state index contributed by atoms with van der Waals surface area (Å²) in [6.45, 7) is 3.73. The van der Waals surface area contributed by atoms with E-state index < -0.39 is 37.7 Å².